The Hall–Kier alpha value is -1.44. The zero-order valence-electron chi connectivity index (χ0n) is 18.2. The molecule has 1 aromatic heterocycles. The summed E-state index contributed by atoms with van der Waals surface area (Å²) in [6, 6.07) is 0.645. The highest BCUT2D eigenvalue weighted by Gasteiger charge is 2.37. The van der Waals surface area contributed by atoms with Gasteiger partial charge in [-0.05, 0) is 63.4 Å². The van der Waals surface area contributed by atoms with Gasteiger partial charge in [-0.3, -0.25) is 9.59 Å². The molecule has 1 aromatic rings. The molecule has 3 N–H and O–H groups in total. The van der Waals surface area contributed by atoms with Gasteiger partial charge in [0.15, 0.2) is 6.54 Å². The van der Waals surface area contributed by atoms with Crippen LogP contribution in [0.3, 0.4) is 0 Å². The number of ether oxygens (including phenoxy) is 1. The second-order valence-electron chi connectivity index (χ2n) is 9.09. The number of quaternary nitrogens is 1. The third-order valence-electron chi connectivity index (χ3n) is 7.14. The molecular weight excluding hydrogens is 398 g/mol. The number of likely N-dealkylation sites (tertiary alicyclic amines) is 1. The van der Waals surface area contributed by atoms with Crippen LogP contribution >= 0.6 is 11.3 Å². The Morgan fingerprint density at radius 3 is 2.77 bits per heavy atom. The van der Waals surface area contributed by atoms with E-state index in [0.29, 0.717) is 31.3 Å². The Morgan fingerprint density at radius 1 is 1.10 bits per heavy atom. The Labute approximate surface area is 183 Å². The molecule has 4 rings (SSSR count). The van der Waals surface area contributed by atoms with Crippen LogP contribution in [0.1, 0.15) is 72.2 Å². The largest absolute Gasteiger partial charge is 0.383 e. The van der Waals surface area contributed by atoms with Gasteiger partial charge in [-0.1, -0.05) is 6.42 Å². The molecular formula is C23H36N3O3S+. The quantitative estimate of drug-likeness (QED) is 0.576. The van der Waals surface area contributed by atoms with Crippen LogP contribution in [0.25, 0.3) is 0 Å². The smallest absolute Gasteiger partial charge is 0.280 e. The average Bonchev–Trinajstić information content (AvgIpc) is 3.12. The predicted molar refractivity (Wildman–Crippen MR) is 119 cm³/mol. The third kappa shape index (κ3) is 4.89. The number of nitrogens with one attached hydrogen (secondary N) is 3. The molecule has 30 heavy (non-hydrogen) atoms. The number of piperidine rings is 1. The second kappa shape index (κ2) is 10.2. The number of aryl methyl sites for hydroxylation is 1. The van der Waals surface area contributed by atoms with E-state index < -0.39 is 0 Å². The molecule has 3 atom stereocenters. The molecule has 0 bridgehead atoms. The van der Waals surface area contributed by atoms with Crippen LogP contribution in [0.4, 0.5) is 5.00 Å². The number of carbonyl (C=O) groups is 2. The predicted octanol–water partition coefficient (Wildman–Crippen LogP) is 2.18. The average molecular weight is 435 g/mol. The van der Waals surface area contributed by atoms with Gasteiger partial charge in [-0.25, -0.2) is 0 Å². The molecule has 7 heteroatoms. The van der Waals surface area contributed by atoms with Crippen molar-refractivity contribution in [2.24, 2.45) is 5.92 Å². The summed E-state index contributed by atoms with van der Waals surface area (Å²) in [7, 11) is 1.63. The Morgan fingerprint density at radius 2 is 1.90 bits per heavy atom. The van der Waals surface area contributed by atoms with E-state index in [4.69, 9.17) is 4.74 Å². The molecule has 2 fully saturated rings. The number of methoxy groups -OCH3 is 1. The highest BCUT2D eigenvalue weighted by molar-refractivity contribution is 7.17. The van der Waals surface area contributed by atoms with Gasteiger partial charge in [0.1, 0.15) is 5.00 Å². The summed E-state index contributed by atoms with van der Waals surface area (Å²) in [5.74, 6) is 0.770. The van der Waals surface area contributed by atoms with E-state index in [-0.39, 0.29) is 11.8 Å². The maximum absolute atomic E-state index is 13.0. The molecule has 1 saturated carbocycles. The molecule has 0 spiro atoms. The minimum atomic E-state index is -0.0839. The van der Waals surface area contributed by atoms with E-state index >= 15 is 0 Å². The molecule has 3 aliphatic rings. The number of rotatable bonds is 7. The topological polar surface area (TPSA) is 71.9 Å². The van der Waals surface area contributed by atoms with Gasteiger partial charge in [0.25, 0.3) is 11.8 Å². The number of fused-ring (bicyclic) bond motifs is 2. The van der Waals surface area contributed by atoms with Crippen LogP contribution < -0.4 is 15.5 Å². The Balaban J connectivity index is 1.46. The van der Waals surface area contributed by atoms with E-state index in [2.05, 4.69) is 10.6 Å². The van der Waals surface area contributed by atoms with Crippen molar-refractivity contribution in [2.45, 2.75) is 70.3 Å². The molecule has 6 nitrogen and oxygen atoms in total. The first kappa shape index (κ1) is 21.8. The maximum Gasteiger partial charge on any atom is 0.280 e. The van der Waals surface area contributed by atoms with Crippen LogP contribution in [0.2, 0.25) is 0 Å². The molecule has 1 aliphatic heterocycles. The van der Waals surface area contributed by atoms with Crippen molar-refractivity contribution in [2.75, 3.05) is 38.7 Å². The third-order valence-corrected chi connectivity index (χ3v) is 8.34. The van der Waals surface area contributed by atoms with E-state index in [1.807, 2.05) is 0 Å². The van der Waals surface area contributed by atoms with Crippen LogP contribution in [0, 0.1) is 5.92 Å². The van der Waals surface area contributed by atoms with E-state index in [1.54, 1.807) is 18.4 Å². The fourth-order valence-electron chi connectivity index (χ4n) is 5.71. The normalized spacial score (nSPS) is 25.8. The Kier molecular flexibility index (Phi) is 7.44. The number of thiophene rings is 1. The number of carbonyl (C=O) groups excluding carboxylic acids is 2. The number of anilines is 1. The van der Waals surface area contributed by atoms with E-state index in [9.17, 15) is 9.59 Å². The van der Waals surface area contributed by atoms with Crippen molar-refractivity contribution in [1.29, 1.82) is 0 Å². The summed E-state index contributed by atoms with van der Waals surface area (Å²) in [6.07, 6.45) is 12.0. The Bertz CT molecular complexity index is 761. The van der Waals surface area contributed by atoms with Gasteiger partial charge < -0.3 is 20.3 Å². The second-order valence-corrected chi connectivity index (χ2v) is 10.2. The van der Waals surface area contributed by atoms with Crippen LogP contribution in [0.5, 0.6) is 0 Å². The van der Waals surface area contributed by atoms with Crippen LogP contribution in [0.15, 0.2) is 0 Å². The monoisotopic (exact) mass is 434 g/mol. The van der Waals surface area contributed by atoms with Gasteiger partial charge >= 0.3 is 0 Å². The minimum absolute atomic E-state index is 0.0563. The fraction of sp³-hybridized carbons (Fsp3) is 0.739. The summed E-state index contributed by atoms with van der Waals surface area (Å²) in [4.78, 5) is 28.7. The first-order valence-corrected chi connectivity index (χ1v) is 12.5. The fourth-order valence-corrected chi connectivity index (χ4v) is 7.02. The lowest BCUT2D eigenvalue weighted by Crippen LogP contribution is -3.18. The standard InChI is InChI=1S/C23H35N3O3S/c1-29-14-12-24-22(28)21-17-9-3-5-11-19(17)30-23(21)25-20(27)15-26-13-6-8-16-7-2-4-10-18(16)26/h16,18H,2-15H2,1H3,(H,24,28)(H,25,27)/p+1/t16-,18+/m1/s1. The van der Waals surface area contributed by atoms with Crippen LogP contribution in [-0.2, 0) is 22.4 Å². The maximum atomic E-state index is 13.0. The van der Waals surface area contributed by atoms with Gasteiger partial charge in [0.2, 0.25) is 0 Å². The minimum Gasteiger partial charge on any atom is -0.383 e. The summed E-state index contributed by atoms with van der Waals surface area (Å²) < 4.78 is 5.06. The van der Waals surface area contributed by atoms with Crippen molar-refractivity contribution in [3.8, 4) is 0 Å². The van der Waals surface area contributed by atoms with Crippen molar-refractivity contribution in [1.82, 2.24) is 5.32 Å². The molecule has 0 radical (unpaired) electrons. The first-order chi connectivity index (χ1) is 14.7. The van der Waals surface area contributed by atoms with Gasteiger partial charge in [0.05, 0.1) is 24.8 Å². The molecule has 2 aliphatic carbocycles. The van der Waals surface area contributed by atoms with Gasteiger partial charge in [-0.15, -0.1) is 11.3 Å². The zero-order valence-corrected chi connectivity index (χ0v) is 19.0. The van der Waals surface area contributed by atoms with Crippen molar-refractivity contribution < 1.29 is 19.2 Å². The number of hydrogen-bond acceptors (Lipinski definition) is 4. The van der Waals surface area contributed by atoms with Gasteiger partial charge in [-0.2, -0.15) is 0 Å². The lowest BCUT2D eigenvalue weighted by Gasteiger charge is -2.40. The summed E-state index contributed by atoms with van der Waals surface area (Å²) in [5, 5.41) is 6.85. The summed E-state index contributed by atoms with van der Waals surface area (Å²) >= 11 is 1.61. The van der Waals surface area contributed by atoms with E-state index in [1.165, 1.54) is 48.3 Å². The van der Waals surface area contributed by atoms with Crippen LogP contribution in [-0.4, -0.2) is 51.2 Å². The summed E-state index contributed by atoms with van der Waals surface area (Å²) in [5.41, 5.74) is 1.84. The zero-order chi connectivity index (χ0) is 20.9. The van der Waals surface area contributed by atoms with Crippen molar-refractivity contribution in [3.63, 3.8) is 0 Å². The SMILES string of the molecule is COCCNC(=O)c1c(NC(=O)C[NH+]2CCC[C@H]3CCCC[C@@H]32)sc2c1CCCC2. The molecule has 1 unspecified atom stereocenters. The first-order valence-electron chi connectivity index (χ1n) is 11.7. The van der Waals surface area contributed by atoms with Crippen molar-refractivity contribution in [3.05, 3.63) is 16.0 Å². The lowest BCUT2D eigenvalue weighted by atomic mass is 9.78. The summed E-state index contributed by atoms with van der Waals surface area (Å²) in [6.45, 7) is 2.59. The van der Waals surface area contributed by atoms with Gasteiger partial charge in [0, 0.05) is 24.4 Å². The molecule has 0 aromatic carbocycles. The lowest BCUT2D eigenvalue weighted by molar-refractivity contribution is -0.928. The van der Waals surface area contributed by atoms with Crippen molar-refractivity contribution >= 4 is 28.2 Å². The molecule has 2 amide bonds. The highest BCUT2D eigenvalue weighted by atomic mass is 32.1. The molecule has 1 saturated heterocycles. The molecule has 2 heterocycles. The molecule has 166 valence electrons. The highest BCUT2D eigenvalue weighted by Crippen LogP contribution is 2.38. The van der Waals surface area contributed by atoms with E-state index in [0.717, 1.165) is 48.7 Å². The number of amides is 2. The number of hydrogen-bond donors (Lipinski definition) is 3.